The molecule has 2 aliphatic rings. The molecule has 1 aromatic carbocycles. The second-order valence-electron chi connectivity index (χ2n) is 5.37. The first-order valence-corrected chi connectivity index (χ1v) is 8.41. The van der Waals surface area contributed by atoms with Gasteiger partial charge in [-0.15, -0.1) is 0 Å². The van der Waals surface area contributed by atoms with Crippen molar-refractivity contribution in [3.63, 3.8) is 0 Å². The SMILES string of the molecule is C[C]1[CH][CH][CH][C]1[P@@]1(=O)O[C@H](c2ccccc2)[C@H](C)N1C. The van der Waals surface area contributed by atoms with Gasteiger partial charge < -0.3 is 4.52 Å². The van der Waals surface area contributed by atoms with Gasteiger partial charge in [0, 0.05) is 6.04 Å². The fourth-order valence-corrected chi connectivity index (χ4v) is 5.38. The van der Waals surface area contributed by atoms with Crippen LogP contribution in [0, 0.1) is 30.8 Å². The number of benzene rings is 1. The van der Waals surface area contributed by atoms with Crippen LogP contribution in [0.5, 0.6) is 0 Å². The van der Waals surface area contributed by atoms with E-state index < -0.39 is 7.52 Å². The van der Waals surface area contributed by atoms with Gasteiger partial charge in [-0.2, -0.15) is 0 Å². The van der Waals surface area contributed by atoms with Gasteiger partial charge in [0.05, 0.1) is 5.66 Å². The quantitative estimate of drug-likeness (QED) is 0.770. The monoisotopic (exact) mass is 288 g/mol. The Bertz CT molecular complexity index is 518. The van der Waals surface area contributed by atoms with Crippen molar-refractivity contribution >= 4 is 7.52 Å². The maximum atomic E-state index is 13.3. The molecule has 1 aromatic rings. The van der Waals surface area contributed by atoms with Crippen LogP contribution in [0.4, 0.5) is 0 Å². The highest BCUT2D eigenvalue weighted by Crippen LogP contribution is 2.72. The van der Waals surface area contributed by atoms with Crippen molar-refractivity contribution in [3.8, 4) is 0 Å². The molecule has 1 saturated heterocycles. The highest BCUT2D eigenvalue weighted by Gasteiger charge is 2.54. The van der Waals surface area contributed by atoms with Crippen LogP contribution in [-0.4, -0.2) is 17.8 Å². The van der Waals surface area contributed by atoms with Crippen molar-refractivity contribution < 1.29 is 9.09 Å². The number of hydrogen-bond acceptors (Lipinski definition) is 2. The van der Waals surface area contributed by atoms with Crippen molar-refractivity contribution in [1.82, 2.24) is 4.67 Å². The molecule has 1 aliphatic carbocycles. The van der Waals surface area contributed by atoms with Gasteiger partial charge in [-0.3, -0.25) is 4.57 Å². The summed E-state index contributed by atoms with van der Waals surface area (Å²) in [5, 5.41) is 0. The zero-order chi connectivity index (χ0) is 14.3. The van der Waals surface area contributed by atoms with Gasteiger partial charge in [0.2, 0.25) is 0 Å². The summed E-state index contributed by atoms with van der Waals surface area (Å²) in [4.78, 5) is 0. The minimum atomic E-state index is -2.95. The number of nitrogens with zero attached hydrogens (tertiary/aromatic N) is 1. The topological polar surface area (TPSA) is 29.5 Å². The minimum Gasteiger partial charge on any atom is -0.307 e. The molecule has 3 nitrogen and oxygen atoms in total. The van der Waals surface area contributed by atoms with Gasteiger partial charge in [-0.1, -0.05) is 37.3 Å². The summed E-state index contributed by atoms with van der Waals surface area (Å²) in [6.45, 7) is 4.04. The number of hydrogen-bond donors (Lipinski definition) is 0. The lowest BCUT2D eigenvalue weighted by Gasteiger charge is -2.27. The van der Waals surface area contributed by atoms with E-state index in [1.54, 1.807) is 0 Å². The normalized spacial score (nSPS) is 36.8. The molecule has 3 rings (SSSR count). The van der Waals surface area contributed by atoms with E-state index in [9.17, 15) is 4.57 Å². The zero-order valence-electron chi connectivity index (χ0n) is 12.0. The van der Waals surface area contributed by atoms with Gasteiger partial charge in [0.25, 0.3) is 7.52 Å². The standard InChI is InChI=1S/C16H19NO2P/c1-12-8-7-11-15(12)20(18)17(3)13(2)16(19-20)14-9-5-4-6-10-14/h4-11,13,16H,1-3H3/t13-,16-,20+/m0/s1. The first-order chi connectivity index (χ1) is 9.54. The smallest absolute Gasteiger partial charge is 0.281 e. The van der Waals surface area contributed by atoms with E-state index in [1.807, 2.05) is 68.2 Å². The average Bonchev–Trinajstić information content (AvgIpc) is 2.98. The van der Waals surface area contributed by atoms with Crippen molar-refractivity contribution in [2.75, 3.05) is 7.05 Å². The van der Waals surface area contributed by atoms with Crippen LogP contribution < -0.4 is 0 Å². The Labute approximate surface area is 121 Å². The molecule has 0 N–H and O–H groups in total. The van der Waals surface area contributed by atoms with Gasteiger partial charge in [-0.05, 0) is 44.7 Å². The summed E-state index contributed by atoms with van der Waals surface area (Å²) in [6, 6.07) is 10.1. The molecule has 0 spiro atoms. The lowest BCUT2D eigenvalue weighted by molar-refractivity contribution is 0.211. The number of rotatable bonds is 2. The van der Waals surface area contributed by atoms with E-state index in [0.717, 1.165) is 17.1 Å². The molecule has 1 heterocycles. The van der Waals surface area contributed by atoms with E-state index in [0.29, 0.717) is 0 Å². The molecule has 4 heteroatoms. The summed E-state index contributed by atoms with van der Waals surface area (Å²) >= 11 is 0. The Hall–Kier alpha value is -0.630. The summed E-state index contributed by atoms with van der Waals surface area (Å²) in [7, 11) is -1.06. The van der Waals surface area contributed by atoms with E-state index in [2.05, 4.69) is 6.92 Å². The fraction of sp³-hybridized carbons (Fsp3) is 0.312. The van der Waals surface area contributed by atoms with Crippen molar-refractivity contribution in [3.05, 3.63) is 66.7 Å². The Kier molecular flexibility index (Phi) is 3.79. The Morgan fingerprint density at radius 3 is 2.50 bits per heavy atom. The highest BCUT2D eigenvalue weighted by molar-refractivity contribution is 7.60. The zero-order valence-corrected chi connectivity index (χ0v) is 12.9. The first kappa shape index (κ1) is 14.3. The van der Waals surface area contributed by atoms with Gasteiger partial charge in [0.15, 0.2) is 0 Å². The summed E-state index contributed by atoms with van der Waals surface area (Å²) < 4.78 is 21.3. The molecule has 20 heavy (non-hydrogen) atoms. The Morgan fingerprint density at radius 1 is 1.20 bits per heavy atom. The minimum absolute atomic E-state index is 0.0810. The summed E-state index contributed by atoms with van der Waals surface area (Å²) in [6.07, 6.45) is 5.67. The van der Waals surface area contributed by atoms with Crippen LogP contribution in [0.2, 0.25) is 0 Å². The summed E-state index contributed by atoms with van der Waals surface area (Å²) in [5.41, 5.74) is 1.90. The maximum Gasteiger partial charge on any atom is 0.281 e. The second-order valence-corrected chi connectivity index (χ2v) is 7.73. The van der Waals surface area contributed by atoms with Crippen LogP contribution in [-0.2, 0) is 9.09 Å². The van der Waals surface area contributed by atoms with E-state index >= 15 is 0 Å². The maximum absolute atomic E-state index is 13.3. The predicted octanol–water partition coefficient (Wildman–Crippen LogP) is 4.02. The fourth-order valence-electron chi connectivity index (χ4n) is 2.78. The molecule has 0 aromatic heterocycles. The molecule has 1 aliphatic heterocycles. The lowest BCUT2D eigenvalue weighted by Crippen LogP contribution is -2.24. The molecular formula is C16H19NO2P. The van der Waals surface area contributed by atoms with Crippen LogP contribution in [0.15, 0.2) is 30.3 Å². The largest absolute Gasteiger partial charge is 0.307 e. The van der Waals surface area contributed by atoms with Crippen molar-refractivity contribution in [2.24, 2.45) is 0 Å². The van der Waals surface area contributed by atoms with Gasteiger partial charge in [0.1, 0.15) is 6.10 Å². The third-order valence-corrected chi connectivity index (χ3v) is 6.95. The molecule has 0 amide bonds. The van der Waals surface area contributed by atoms with Gasteiger partial charge in [-0.25, -0.2) is 4.67 Å². The molecule has 0 unspecified atom stereocenters. The molecule has 2 fully saturated rings. The Balaban J connectivity index is 1.90. The van der Waals surface area contributed by atoms with Crippen molar-refractivity contribution in [2.45, 2.75) is 26.0 Å². The molecule has 1 saturated carbocycles. The summed E-state index contributed by atoms with van der Waals surface area (Å²) in [5.74, 6) is 1.03. The van der Waals surface area contributed by atoms with Crippen LogP contribution in [0.3, 0.4) is 0 Å². The number of likely N-dealkylation sites (N-methyl/N-ethyl adjacent to an activating group) is 1. The highest BCUT2D eigenvalue weighted by atomic mass is 31.2. The van der Waals surface area contributed by atoms with E-state index in [4.69, 9.17) is 4.52 Å². The molecule has 5 radical (unpaired) electrons. The lowest BCUT2D eigenvalue weighted by atomic mass is 10.0. The predicted molar refractivity (Wildman–Crippen MR) is 80.2 cm³/mol. The third-order valence-electron chi connectivity index (χ3n) is 4.14. The molecule has 0 bridgehead atoms. The van der Waals surface area contributed by atoms with E-state index in [1.165, 1.54) is 0 Å². The molecular weight excluding hydrogens is 269 g/mol. The van der Waals surface area contributed by atoms with Crippen LogP contribution >= 0.6 is 7.52 Å². The second kappa shape index (κ2) is 5.29. The third kappa shape index (κ3) is 2.16. The van der Waals surface area contributed by atoms with Crippen LogP contribution in [0.25, 0.3) is 0 Å². The molecule has 3 atom stereocenters. The van der Waals surface area contributed by atoms with E-state index in [-0.39, 0.29) is 12.1 Å². The first-order valence-electron chi connectivity index (χ1n) is 6.83. The molecule has 105 valence electrons. The average molecular weight is 288 g/mol. The Morgan fingerprint density at radius 2 is 1.90 bits per heavy atom. The van der Waals surface area contributed by atoms with Crippen LogP contribution in [0.1, 0.15) is 25.5 Å². The van der Waals surface area contributed by atoms with Gasteiger partial charge >= 0.3 is 0 Å². The van der Waals surface area contributed by atoms with Crippen molar-refractivity contribution in [1.29, 1.82) is 0 Å².